The summed E-state index contributed by atoms with van der Waals surface area (Å²) in [6.45, 7) is 22.6. The van der Waals surface area contributed by atoms with Crippen molar-refractivity contribution in [3.8, 4) is 0 Å². The van der Waals surface area contributed by atoms with Crippen LogP contribution in [0.25, 0.3) is 6.08 Å². The zero-order chi connectivity index (χ0) is 63.5. The number of ether oxygens (including phenoxy) is 2. The standard InChI is InChI=1S/C8H6O4.C8H16O2.C8H8.C7H12O2.C6H10O4.C6H10O3.C6H14O3.C4H4O4.C3H4O2/c9-7(10)5-3-1-2-4-6(5)8(11)12;1-3-5-6-7(4-2)8(9)10;1-2-8-6-4-3-5-7-8;1-3-5-6-9-7(8)4-2;7-5(8)3-1-2-4-6(9)10;1-5(2)6(8)9-4-3-7;1-2-6(3-7,4-8)5-9;5-3(6)1-2-4(7)8;1-2-3(4)5/h1-4H,(H,9,10)(H,11,12);7H,3-6H2,1-2H3,(H,9,10);2-7H,1H2;4H,2-3,5-6H2,1H3;1-4H2,(H,7,8)(H,9,10);7H,1,3-4H2,2H3;7-9H,2-5H2,1H3;1-2H,(H,5,6)(H,7,8);2H,1H2,(H,4,5)/b;;;;;;;2-1-;. The molecular formula is C56H84O24. The number of hydrogen-bond acceptors (Lipinski definition) is 16. The number of carboxylic acids is 8. The SMILES string of the molecule is C=C(C)C(=O)OCCO.C=CC(=O)O.C=CC(=O)OCCCC.C=Cc1ccccc1.CCC(CO)(CO)CO.CCCCC(CC)C(=O)O.O=C(O)/C=C\C(=O)O.O=C(O)CCCCC(=O)O.O=C(O)c1ccccc1C(=O)O. The Morgan fingerprint density at radius 2 is 0.975 bits per heavy atom. The van der Waals surface area contributed by atoms with Crippen molar-refractivity contribution in [2.45, 2.75) is 105 Å². The molecule has 0 radical (unpaired) electrons. The first-order chi connectivity index (χ1) is 37.5. The number of hydrogen-bond donors (Lipinski definition) is 12. The first-order valence-electron chi connectivity index (χ1n) is 24.5. The zero-order valence-corrected chi connectivity index (χ0v) is 46.3. The maximum Gasteiger partial charge on any atom is 0.336 e. The van der Waals surface area contributed by atoms with Crippen molar-refractivity contribution < 1.29 is 119 Å². The highest BCUT2D eigenvalue weighted by Crippen LogP contribution is 2.18. The molecule has 0 saturated heterocycles. The minimum atomic E-state index is -1.26. The quantitative estimate of drug-likeness (QED) is 0.0236. The molecule has 2 aromatic rings. The van der Waals surface area contributed by atoms with Crippen LogP contribution in [0.15, 0.2) is 111 Å². The molecule has 80 heavy (non-hydrogen) atoms. The summed E-state index contributed by atoms with van der Waals surface area (Å²) in [5.41, 5.74) is 0.478. The second-order valence-electron chi connectivity index (χ2n) is 15.6. The average Bonchev–Trinajstić information content (AvgIpc) is 3.43. The zero-order valence-electron chi connectivity index (χ0n) is 46.3. The number of aromatic carboxylic acids is 2. The van der Waals surface area contributed by atoms with Crippen LogP contribution in [0.1, 0.15) is 132 Å². The van der Waals surface area contributed by atoms with Gasteiger partial charge in [-0.25, -0.2) is 33.6 Å². The lowest BCUT2D eigenvalue weighted by molar-refractivity contribution is -0.142. The Morgan fingerprint density at radius 1 is 0.562 bits per heavy atom. The third-order valence-corrected chi connectivity index (χ3v) is 9.08. The Labute approximate surface area is 467 Å². The predicted octanol–water partition coefficient (Wildman–Crippen LogP) is 7.36. The van der Waals surface area contributed by atoms with Gasteiger partial charge in [0.25, 0.3) is 0 Å². The van der Waals surface area contributed by atoms with Gasteiger partial charge in [0, 0.05) is 48.1 Å². The van der Waals surface area contributed by atoms with Gasteiger partial charge in [-0.05, 0) is 63.1 Å². The number of aliphatic hydroxyl groups excluding tert-OH is 4. The Balaban J connectivity index is -0.000000151. The van der Waals surface area contributed by atoms with Crippen LogP contribution in [0.4, 0.5) is 0 Å². The van der Waals surface area contributed by atoms with E-state index in [0.29, 0.717) is 43.6 Å². The Kier molecular flexibility index (Phi) is 64.1. The molecule has 452 valence electrons. The highest BCUT2D eigenvalue weighted by molar-refractivity contribution is 6.01. The lowest BCUT2D eigenvalue weighted by Crippen LogP contribution is -2.32. The van der Waals surface area contributed by atoms with Gasteiger partial charge in [-0.2, -0.15) is 0 Å². The van der Waals surface area contributed by atoms with Gasteiger partial charge < -0.3 is 70.8 Å². The molecule has 0 spiro atoms. The fraction of sp³-hybridized carbons (Fsp3) is 0.429. The second kappa shape index (κ2) is 59.9. The minimum Gasteiger partial charge on any atom is -0.481 e. The molecule has 24 heteroatoms. The molecule has 0 aliphatic rings. The first-order valence-corrected chi connectivity index (χ1v) is 24.5. The third kappa shape index (κ3) is 64.0. The van der Waals surface area contributed by atoms with E-state index in [4.69, 9.17) is 61.3 Å². The molecule has 12 N–H and O–H groups in total. The summed E-state index contributed by atoms with van der Waals surface area (Å²) in [4.78, 5) is 100. The minimum absolute atomic E-state index is 0.0473. The summed E-state index contributed by atoms with van der Waals surface area (Å²) in [7, 11) is 0. The van der Waals surface area contributed by atoms with Crippen molar-refractivity contribution in [2.75, 3.05) is 39.6 Å². The van der Waals surface area contributed by atoms with E-state index >= 15 is 0 Å². The van der Waals surface area contributed by atoms with Gasteiger partial charge in [0.1, 0.15) is 6.61 Å². The van der Waals surface area contributed by atoms with Gasteiger partial charge in [0.05, 0.1) is 50.1 Å². The number of carboxylic acid groups (broad SMARTS) is 8. The van der Waals surface area contributed by atoms with Gasteiger partial charge >= 0.3 is 59.7 Å². The van der Waals surface area contributed by atoms with E-state index < -0.39 is 59.1 Å². The molecule has 0 fully saturated rings. The maximum absolute atomic E-state index is 10.5. The summed E-state index contributed by atoms with van der Waals surface area (Å²) in [6, 6.07) is 15.5. The van der Waals surface area contributed by atoms with E-state index in [1.165, 1.54) is 35.9 Å². The molecule has 0 aliphatic carbocycles. The molecule has 24 nitrogen and oxygen atoms in total. The number of aliphatic hydroxyl groups is 4. The Hall–Kier alpha value is -8.32. The van der Waals surface area contributed by atoms with E-state index in [1.54, 1.807) is 6.92 Å². The van der Waals surface area contributed by atoms with Crippen LogP contribution in [0.3, 0.4) is 0 Å². The van der Waals surface area contributed by atoms with Crippen LogP contribution >= 0.6 is 0 Å². The van der Waals surface area contributed by atoms with E-state index in [1.807, 2.05) is 57.2 Å². The van der Waals surface area contributed by atoms with Crippen LogP contribution in [0, 0.1) is 11.3 Å². The number of carbonyl (C=O) groups is 10. The monoisotopic (exact) mass is 1140 g/mol. The third-order valence-electron chi connectivity index (χ3n) is 9.08. The van der Waals surface area contributed by atoms with Crippen molar-refractivity contribution >= 4 is 65.8 Å². The molecule has 0 saturated carbocycles. The summed E-state index contributed by atoms with van der Waals surface area (Å²) in [5.74, 6) is -9.23. The van der Waals surface area contributed by atoms with Crippen LogP contribution in [-0.2, 0) is 47.8 Å². The Morgan fingerprint density at radius 3 is 1.21 bits per heavy atom. The van der Waals surface area contributed by atoms with E-state index in [9.17, 15) is 47.9 Å². The van der Waals surface area contributed by atoms with Crippen LogP contribution in [-0.4, -0.2) is 161 Å². The fourth-order valence-electron chi connectivity index (χ4n) is 4.22. The molecular weight excluding hydrogens is 1060 g/mol. The van der Waals surface area contributed by atoms with E-state index in [-0.39, 0.29) is 68.9 Å². The molecule has 0 aromatic heterocycles. The van der Waals surface area contributed by atoms with Gasteiger partial charge in [0.2, 0.25) is 0 Å². The van der Waals surface area contributed by atoms with Crippen molar-refractivity contribution in [1.29, 1.82) is 0 Å². The lowest BCUT2D eigenvalue weighted by atomic mass is 9.88. The summed E-state index contributed by atoms with van der Waals surface area (Å²) in [6.07, 6.45) is 12.3. The first kappa shape index (κ1) is 85.6. The number of unbranched alkanes of at least 4 members (excludes halogenated alkanes) is 3. The van der Waals surface area contributed by atoms with Crippen LogP contribution in [0.2, 0.25) is 0 Å². The number of aliphatic carboxylic acids is 6. The van der Waals surface area contributed by atoms with Crippen molar-refractivity contribution in [1.82, 2.24) is 0 Å². The summed E-state index contributed by atoms with van der Waals surface area (Å²) >= 11 is 0. The average molecular weight is 1140 g/mol. The molecule has 1 atom stereocenters. The van der Waals surface area contributed by atoms with E-state index in [0.717, 1.165) is 44.6 Å². The molecule has 0 heterocycles. The van der Waals surface area contributed by atoms with E-state index in [2.05, 4.69) is 42.7 Å². The summed E-state index contributed by atoms with van der Waals surface area (Å²) in [5, 5.41) is 99.4. The highest BCUT2D eigenvalue weighted by Gasteiger charge is 2.25. The molecule has 0 bridgehead atoms. The van der Waals surface area contributed by atoms with Gasteiger partial charge in [-0.1, -0.05) is 122 Å². The normalized spacial score (nSPS) is 9.66. The largest absolute Gasteiger partial charge is 0.481 e. The summed E-state index contributed by atoms with van der Waals surface area (Å²) < 4.78 is 9.14. The second-order valence-corrected chi connectivity index (χ2v) is 15.6. The number of rotatable bonds is 27. The van der Waals surface area contributed by atoms with Crippen LogP contribution in [0.5, 0.6) is 0 Å². The van der Waals surface area contributed by atoms with Crippen molar-refractivity contribution in [3.05, 3.63) is 127 Å². The maximum atomic E-state index is 10.5. The fourth-order valence-corrected chi connectivity index (χ4v) is 4.22. The molecule has 0 aliphatic heterocycles. The smallest absolute Gasteiger partial charge is 0.336 e. The number of carbonyl (C=O) groups excluding carboxylic acids is 2. The molecule has 0 amide bonds. The van der Waals surface area contributed by atoms with Gasteiger partial charge in [-0.3, -0.25) is 14.4 Å². The van der Waals surface area contributed by atoms with Gasteiger partial charge in [-0.15, -0.1) is 0 Å². The number of benzene rings is 2. The lowest BCUT2D eigenvalue weighted by Gasteiger charge is -2.24. The van der Waals surface area contributed by atoms with Crippen molar-refractivity contribution in [3.63, 3.8) is 0 Å². The topological polar surface area (TPSA) is 432 Å². The molecule has 2 rings (SSSR count). The van der Waals surface area contributed by atoms with Crippen LogP contribution < -0.4 is 0 Å². The predicted molar refractivity (Wildman–Crippen MR) is 297 cm³/mol. The van der Waals surface area contributed by atoms with Gasteiger partial charge in [0.15, 0.2) is 0 Å². The number of esters is 2. The molecule has 1 unspecified atom stereocenters. The molecule has 2 aromatic carbocycles. The highest BCUT2D eigenvalue weighted by atomic mass is 16.5. The van der Waals surface area contributed by atoms with Crippen molar-refractivity contribution in [2.24, 2.45) is 11.3 Å². The Bertz CT molecular complexity index is 2020.